The van der Waals surface area contributed by atoms with Crippen molar-refractivity contribution in [1.82, 2.24) is 15.1 Å². The van der Waals surface area contributed by atoms with Gasteiger partial charge in [-0.25, -0.2) is 9.18 Å². The number of amides is 2. The van der Waals surface area contributed by atoms with Crippen molar-refractivity contribution in [3.8, 4) is 0 Å². The number of carbonyl (C=O) groups is 2. The van der Waals surface area contributed by atoms with Crippen molar-refractivity contribution in [3.63, 3.8) is 0 Å². The molecule has 0 radical (unpaired) electrons. The summed E-state index contributed by atoms with van der Waals surface area (Å²) in [5.74, 6) is -1.94. The minimum Gasteiger partial charge on any atom is -0.444 e. The average Bonchev–Trinajstić information content (AvgIpc) is 2.80. The van der Waals surface area contributed by atoms with Crippen LogP contribution in [0.15, 0.2) is 4.99 Å². The van der Waals surface area contributed by atoms with Gasteiger partial charge in [0.05, 0.1) is 12.2 Å². The van der Waals surface area contributed by atoms with Crippen molar-refractivity contribution < 1.29 is 31.9 Å². The number of ether oxygens (including phenoxy) is 1. The first-order chi connectivity index (χ1) is 12.6. The summed E-state index contributed by atoms with van der Waals surface area (Å²) < 4.78 is 58.4. The predicted molar refractivity (Wildman–Crippen MR) is 95.6 cm³/mol. The van der Waals surface area contributed by atoms with Crippen molar-refractivity contribution in [1.29, 1.82) is 0 Å². The Hall–Kier alpha value is -2.07. The molecule has 0 spiro atoms. The van der Waals surface area contributed by atoms with Crippen LogP contribution in [0.25, 0.3) is 0 Å². The Labute approximate surface area is 162 Å². The molecule has 1 saturated heterocycles. The van der Waals surface area contributed by atoms with Crippen molar-refractivity contribution in [2.75, 3.05) is 14.1 Å². The predicted octanol–water partition coefficient (Wildman–Crippen LogP) is 2.71. The van der Waals surface area contributed by atoms with E-state index >= 15 is 0 Å². The fourth-order valence-corrected chi connectivity index (χ4v) is 2.89. The Bertz CT molecular complexity index is 619. The van der Waals surface area contributed by atoms with E-state index in [1.807, 2.05) is 0 Å². The molecule has 0 aromatic heterocycles. The van der Waals surface area contributed by atoms with E-state index in [9.17, 15) is 27.2 Å². The lowest BCUT2D eigenvalue weighted by Crippen LogP contribution is -2.56. The van der Waals surface area contributed by atoms with Gasteiger partial charge in [-0.1, -0.05) is 0 Å². The molecule has 2 amide bonds. The first-order valence-corrected chi connectivity index (χ1v) is 8.82. The Kier molecular flexibility index (Phi) is 7.29. The fourth-order valence-electron chi connectivity index (χ4n) is 2.89. The molecular formula is C17H28F4N4O3. The Morgan fingerprint density at radius 1 is 1.29 bits per heavy atom. The quantitative estimate of drug-likeness (QED) is 0.335. The third-order valence-electron chi connectivity index (χ3n) is 4.38. The molecule has 4 atom stereocenters. The molecule has 0 aliphatic carbocycles. The van der Waals surface area contributed by atoms with Crippen LogP contribution in [-0.4, -0.2) is 77.9 Å². The molecule has 1 heterocycles. The van der Waals surface area contributed by atoms with Crippen LogP contribution in [0.2, 0.25) is 0 Å². The van der Waals surface area contributed by atoms with E-state index in [4.69, 9.17) is 4.74 Å². The van der Waals surface area contributed by atoms with E-state index in [1.165, 1.54) is 13.8 Å². The van der Waals surface area contributed by atoms with Gasteiger partial charge in [-0.2, -0.15) is 13.2 Å². The van der Waals surface area contributed by atoms with Gasteiger partial charge >= 0.3 is 12.3 Å². The standard InChI is InChI=1S/C17H28F4N4O3/c1-9-11(18)8-12(25(9)15(27)28-16(3,4)5)13(26)23-10(2)24(7)14(22-6)17(19,20)21/h9-12H,8H2,1-7H3,(H,23,26)/b22-14-/t9-,10?,11+,12-/m0/s1. The van der Waals surface area contributed by atoms with E-state index in [-0.39, 0.29) is 6.42 Å². The van der Waals surface area contributed by atoms with E-state index in [1.54, 1.807) is 20.8 Å². The molecule has 1 N–H and O–H groups in total. The number of likely N-dealkylation sites (tertiary alicyclic amines) is 1. The summed E-state index contributed by atoms with van der Waals surface area (Å²) in [4.78, 5) is 30.0. The Morgan fingerprint density at radius 3 is 2.25 bits per heavy atom. The highest BCUT2D eigenvalue weighted by molar-refractivity contribution is 5.89. The molecule has 1 rings (SSSR count). The van der Waals surface area contributed by atoms with E-state index in [0.29, 0.717) is 0 Å². The molecule has 1 aliphatic heterocycles. The Balaban J connectivity index is 2.95. The summed E-state index contributed by atoms with van der Waals surface area (Å²) in [7, 11) is 2.12. The van der Waals surface area contributed by atoms with Gasteiger partial charge in [0.1, 0.15) is 17.8 Å². The molecule has 0 bridgehead atoms. The van der Waals surface area contributed by atoms with Crippen molar-refractivity contribution in [2.24, 2.45) is 4.99 Å². The highest BCUT2D eigenvalue weighted by Crippen LogP contribution is 2.29. The van der Waals surface area contributed by atoms with Gasteiger partial charge in [0, 0.05) is 20.5 Å². The number of amidine groups is 1. The monoisotopic (exact) mass is 412 g/mol. The number of halogens is 4. The highest BCUT2D eigenvalue weighted by Gasteiger charge is 2.47. The first-order valence-electron chi connectivity index (χ1n) is 8.82. The van der Waals surface area contributed by atoms with Gasteiger partial charge < -0.3 is 15.0 Å². The number of nitrogens with one attached hydrogen (secondary N) is 1. The van der Waals surface area contributed by atoms with Crippen LogP contribution in [0.1, 0.15) is 41.0 Å². The maximum Gasteiger partial charge on any atom is 0.449 e. The fraction of sp³-hybridized carbons (Fsp3) is 0.824. The normalized spacial score (nSPS) is 24.8. The summed E-state index contributed by atoms with van der Waals surface area (Å²) in [6.45, 7) is 7.68. The maximum atomic E-state index is 14.2. The SMILES string of the molecule is C/N=C(\N(C)C(C)NC(=O)[C@@H]1C[C@@H](F)[C@H](C)N1C(=O)OC(C)(C)C)C(F)(F)F. The van der Waals surface area contributed by atoms with Crippen LogP contribution in [0, 0.1) is 0 Å². The van der Waals surface area contributed by atoms with Crippen LogP contribution in [0.4, 0.5) is 22.4 Å². The molecule has 0 aromatic carbocycles. The number of aliphatic imine (C=N–C) groups is 1. The number of rotatable bonds is 3. The lowest BCUT2D eigenvalue weighted by molar-refractivity contribution is -0.127. The second kappa shape index (κ2) is 8.52. The third-order valence-corrected chi connectivity index (χ3v) is 4.38. The van der Waals surface area contributed by atoms with Crippen molar-refractivity contribution in [3.05, 3.63) is 0 Å². The van der Waals surface area contributed by atoms with Crippen LogP contribution >= 0.6 is 0 Å². The topological polar surface area (TPSA) is 74.2 Å². The van der Waals surface area contributed by atoms with Gasteiger partial charge in [-0.3, -0.25) is 14.7 Å². The molecule has 1 fully saturated rings. The summed E-state index contributed by atoms with van der Waals surface area (Å²) >= 11 is 0. The van der Waals surface area contributed by atoms with Crippen molar-refractivity contribution >= 4 is 17.8 Å². The molecule has 11 heteroatoms. The summed E-state index contributed by atoms with van der Waals surface area (Å²) in [5.41, 5.74) is -0.848. The molecule has 7 nitrogen and oxygen atoms in total. The molecule has 162 valence electrons. The van der Waals surface area contributed by atoms with Crippen LogP contribution in [0.5, 0.6) is 0 Å². The molecular weight excluding hydrogens is 384 g/mol. The van der Waals surface area contributed by atoms with Crippen LogP contribution < -0.4 is 5.32 Å². The van der Waals surface area contributed by atoms with Gasteiger partial charge in [0.25, 0.3) is 0 Å². The average molecular weight is 412 g/mol. The number of carbonyl (C=O) groups excluding carboxylic acids is 2. The minimum atomic E-state index is -4.70. The third kappa shape index (κ3) is 5.71. The largest absolute Gasteiger partial charge is 0.449 e. The lowest BCUT2D eigenvalue weighted by Gasteiger charge is -2.33. The zero-order valence-electron chi connectivity index (χ0n) is 17.1. The van der Waals surface area contributed by atoms with Gasteiger partial charge in [-0.05, 0) is 34.6 Å². The number of alkyl halides is 4. The smallest absolute Gasteiger partial charge is 0.444 e. The number of nitrogens with zero attached hydrogens (tertiary/aromatic N) is 3. The molecule has 0 saturated carbocycles. The maximum absolute atomic E-state index is 14.2. The first kappa shape index (κ1) is 24.0. The van der Waals surface area contributed by atoms with Gasteiger partial charge in [0.2, 0.25) is 11.7 Å². The highest BCUT2D eigenvalue weighted by atomic mass is 19.4. The zero-order chi connectivity index (χ0) is 22.0. The van der Waals surface area contributed by atoms with E-state index in [2.05, 4.69) is 10.3 Å². The second-order valence-electron chi connectivity index (χ2n) is 7.74. The van der Waals surface area contributed by atoms with E-state index < -0.39 is 54.0 Å². The number of hydrogen-bond acceptors (Lipinski definition) is 4. The summed E-state index contributed by atoms with van der Waals surface area (Å²) in [6, 6.07) is -2.09. The van der Waals surface area contributed by atoms with Gasteiger partial charge in [-0.15, -0.1) is 0 Å². The summed E-state index contributed by atoms with van der Waals surface area (Å²) in [5, 5.41) is 2.39. The second-order valence-corrected chi connectivity index (χ2v) is 7.74. The van der Waals surface area contributed by atoms with Crippen LogP contribution in [0.3, 0.4) is 0 Å². The Morgan fingerprint density at radius 2 is 1.82 bits per heavy atom. The molecule has 1 aliphatic rings. The molecule has 1 unspecified atom stereocenters. The number of hydrogen-bond donors (Lipinski definition) is 1. The molecule has 28 heavy (non-hydrogen) atoms. The van der Waals surface area contributed by atoms with Gasteiger partial charge in [0.15, 0.2) is 0 Å². The summed E-state index contributed by atoms with van der Waals surface area (Å²) in [6.07, 6.45) is -8.37. The lowest BCUT2D eigenvalue weighted by atomic mass is 10.1. The van der Waals surface area contributed by atoms with E-state index in [0.717, 1.165) is 23.9 Å². The zero-order valence-corrected chi connectivity index (χ0v) is 17.1. The molecule has 0 aromatic rings. The van der Waals surface area contributed by atoms with Crippen LogP contribution in [-0.2, 0) is 9.53 Å². The van der Waals surface area contributed by atoms with Crippen molar-refractivity contribution in [2.45, 2.75) is 77.2 Å². The minimum absolute atomic E-state index is 0.267.